The van der Waals surface area contributed by atoms with E-state index in [9.17, 15) is 9.90 Å². The van der Waals surface area contributed by atoms with Gasteiger partial charge in [-0.1, -0.05) is 0 Å². The van der Waals surface area contributed by atoms with Gasteiger partial charge in [-0.2, -0.15) is 0 Å². The zero-order valence-corrected chi connectivity index (χ0v) is 11.8. The highest BCUT2D eigenvalue weighted by Crippen LogP contribution is 2.07. The van der Waals surface area contributed by atoms with Crippen molar-refractivity contribution in [3.05, 3.63) is 0 Å². The Morgan fingerprint density at radius 1 is 1.24 bits per heavy atom. The van der Waals surface area contributed by atoms with Crippen LogP contribution in [0.2, 0.25) is 0 Å². The maximum Gasteiger partial charge on any atom is 0.407 e. The highest BCUT2D eigenvalue weighted by molar-refractivity contribution is 5.67. The van der Waals surface area contributed by atoms with Crippen LogP contribution >= 0.6 is 0 Å². The van der Waals surface area contributed by atoms with Crippen molar-refractivity contribution in [2.45, 2.75) is 58.8 Å². The third-order valence-corrected chi connectivity index (χ3v) is 2.30. The van der Waals surface area contributed by atoms with Crippen molar-refractivity contribution in [3.63, 3.8) is 0 Å². The molecule has 0 bridgehead atoms. The first-order chi connectivity index (χ1) is 7.52. The number of hydrogen-bond acceptors (Lipinski definition) is 4. The van der Waals surface area contributed by atoms with Gasteiger partial charge in [0.2, 0.25) is 0 Å². The number of amides is 1. The number of alkyl carbamates (subject to hydrolysis) is 1. The van der Waals surface area contributed by atoms with Crippen LogP contribution in [0, 0.1) is 0 Å². The van der Waals surface area contributed by atoms with E-state index in [1.54, 1.807) is 13.8 Å². The molecule has 0 aliphatic carbocycles. The molecule has 0 rings (SSSR count). The van der Waals surface area contributed by atoms with Gasteiger partial charge < -0.3 is 20.5 Å². The number of nitrogens with one attached hydrogen (secondary N) is 2. The van der Waals surface area contributed by atoms with E-state index in [1.807, 2.05) is 27.7 Å². The van der Waals surface area contributed by atoms with Crippen molar-refractivity contribution < 1.29 is 14.6 Å². The first-order valence-corrected chi connectivity index (χ1v) is 5.95. The largest absolute Gasteiger partial charge is 0.444 e. The fourth-order valence-electron chi connectivity index (χ4n) is 1.02. The van der Waals surface area contributed by atoms with E-state index in [0.717, 1.165) is 0 Å². The molecule has 0 aliphatic rings. The molecule has 5 nitrogen and oxygen atoms in total. The van der Waals surface area contributed by atoms with Gasteiger partial charge in [0.15, 0.2) is 0 Å². The Morgan fingerprint density at radius 2 is 1.76 bits per heavy atom. The molecule has 0 aromatic rings. The molecule has 0 aliphatic heterocycles. The van der Waals surface area contributed by atoms with Crippen LogP contribution in [-0.2, 0) is 4.74 Å². The standard InChI is InChI=1S/C12H26N2O3/c1-9(12(5,6)16)13-7-8-14-10(15)17-11(2,3)4/h9,13,16H,7-8H2,1-6H3,(H,14,15). The molecule has 17 heavy (non-hydrogen) atoms. The van der Waals surface area contributed by atoms with Crippen LogP contribution < -0.4 is 10.6 Å². The van der Waals surface area contributed by atoms with Crippen molar-refractivity contribution in [1.82, 2.24) is 10.6 Å². The van der Waals surface area contributed by atoms with Gasteiger partial charge >= 0.3 is 6.09 Å². The third kappa shape index (κ3) is 8.94. The topological polar surface area (TPSA) is 70.6 Å². The number of carbonyl (C=O) groups excluding carboxylic acids is 1. The van der Waals surface area contributed by atoms with Crippen LogP contribution in [0.5, 0.6) is 0 Å². The lowest BCUT2D eigenvalue weighted by molar-refractivity contribution is 0.0436. The summed E-state index contributed by atoms with van der Waals surface area (Å²) in [5, 5.41) is 15.4. The summed E-state index contributed by atoms with van der Waals surface area (Å²) in [6, 6.07) is -0.0389. The quantitative estimate of drug-likeness (QED) is 0.639. The Bertz CT molecular complexity index is 241. The van der Waals surface area contributed by atoms with E-state index in [0.29, 0.717) is 13.1 Å². The molecule has 0 heterocycles. The number of ether oxygens (including phenoxy) is 1. The zero-order valence-electron chi connectivity index (χ0n) is 11.8. The molecule has 5 heteroatoms. The van der Waals surface area contributed by atoms with Gasteiger partial charge in [-0.15, -0.1) is 0 Å². The van der Waals surface area contributed by atoms with Gasteiger partial charge in [0, 0.05) is 19.1 Å². The van der Waals surface area contributed by atoms with Crippen molar-refractivity contribution in [2.24, 2.45) is 0 Å². The van der Waals surface area contributed by atoms with E-state index < -0.39 is 17.3 Å². The normalized spacial score (nSPS) is 14.3. The lowest BCUT2D eigenvalue weighted by Gasteiger charge is -2.27. The van der Waals surface area contributed by atoms with Crippen molar-refractivity contribution >= 4 is 6.09 Å². The highest BCUT2D eigenvalue weighted by Gasteiger charge is 2.21. The fourth-order valence-corrected chi connectivity index (χ4v) is 1.02. The van der Waals surface area contributed by atoms with Crippen molar-refractivity contribution in [1.29, 1.82) is 0 Å². The summed E-state index contributed by atoms with van der Waals surface area (Å²) < 4.78 is 5.08. The maximum absolute atomic E-state index is 11.3. The third-order valence-electron chi connectivity index (χ3n) is 2.30. The van der Waals surface area contributed by atoms with Gasteiger partial charge in [-0.05, 0) is 41.5 Å². The first kappa shape index (κ1) is 16.2. The second-order valence-electron chi connectivity index (χ2n) is 5.76. The fraction of sp³-hybridized carbons (Fsp3) is 0.917. The van der Waals surface area contributed by atoms with Crippen molar-refractivity contribution in [3.8, 4) is 0 Å². The maximum atomic E-state index is 11.3. The van der Waals surface area contributed by atoms with E-state index in [1.165, 1.54) is 0 Å². The monoisotopic (exact) mass is 246 g/mol. The average molecular weight is 246 g/mol. The van der Waals surface area contributed by atoms with E-state index in [4.69, 9.17) is 4.74 Å². The van der Waals surface area contributed by atoms with Crippen LogP contribution in [-0.4, -0.2) is 41.5 Å². The number of carbonyl (C=O) groups is 1. The second kappa shape index (κ2) is 6.21. The zero-order chi connectivity index (χ0) is 13.7. The minimum Gasteiger partial charge on any atom is -0.444 e. The summed E-state index contributed by atoms with van der Waals surface area (Å²) in [5.74, 6) is 0. The molecule has 0 saturated heterocycles. The lowest BCUT2D eigenvalue weighted by atomic mass is 10.0. The van der Waals surface area contributed by atoms with Gasteiger partial charge in [-0.3, -0.25) is 0 Å². The molecule has 0 aromatic carbocycles. The molecule has 1 unspecified atom stereocenters. The Morgan fingerprint density at radius 3 is 2.18 bits per heavy atom. The number of hydrogen-bond donors (Lipinski definition) is 3. The predicted octanol–water partition coefficient (Wildman–Crippen LogP) is 1.26. The molecule has 1 amide bonds. The van der Waals surface area contributed by atoms with E-state index >= 15 is 0 Å². The van der Waals surface area contributed by atoms with Gasteiger partial charge in [-0.25, -0.2) is 4.79 Å². The number of aliphatic hydroxyl groups is 1. The predicted molar refractivity (Wildman–Crippen MR) is 68.0 cm³/mol. The average Bonchev–Trinajstić information content (AvgIpc) is 2.07. The summed E-state index contributed by atoms with van der Waals surface area (Å²) in [6.07, 6.45) is -0.421. The van der Waals surface area contributed by atoms with Crippen LogP contribution in [0.3, 0.4) is 0 Å². The summed E-state index contributed by atoms with van der Waals surface area (Å²) in [6.45, 7) is 11.9. The van der Waals surface area contributed by atoms with Gasteiger partial charge in [0.25, 0.3) is 0 Å². The summed E-state index contributed by atoms with van der Waals surface area (Å²) in [4.78, 5) is 11.3. The molecule has 1 atom stereocenters. The van der Waals surface area contributed by atoms with E-state index in [2.05, 4.69) is 10.6 Å². The molecule has 0 saturated carbocycles. The molecule has 0 aromatic heterocycles. The molecule has 0 spiro atoms. The Kier molecular flexibility index (Phi) is 5.92. The lowest BCUT2D eigenvalue weighted by Crippen LogP contribution is -2.47. The van der Waals surface area contributed by atoms with Crippen LogP contribution in [0.15, 0.2) is 0 Å². The molecule has 102 valence electrons. The Labute approximate surface area is 104 Å². The SMILES string of the molecule is CC(NCCNC(=O)OC(C)(C)C)C(C)(C)O. The van der Waals surface area contributed by atoms with Crippen LogP contribution in [0.25, 0.3) is 0 Å². The summed E-state index contributed by atoms with van der Waals surface area (Å²) in [5.41, 5.74) is -1.25. The van der Waals surface area contributed by atoms with E-state index in [-0.39, 0.29) is 6.04 Å². The molecule has 0 radical (unpaired) electrons. The second-order valence-corrected chi connectivity index (χ2v) is 5.76. The minimum absolute atomic E-state index is 0.0389. The van der Waals surface area contributed by atoms with Crippen LogP contribution in [0.1, 0.15) is 41.5 Å². The minimum atomic E-state index is -0.772. The molecule has 3 N–H and O–H groups in total. The molecular weight excluding hydrogens is 220 g/mol. The summed E-state index contributed by atoms with van der Waals surface area (Å²) in [7, 11) is 0. The molecule has 0 fully saturated rings. The summed E-state index contributed by atoms with van der Waals surface area (Å²) >= 11 is 0. The Hall–Kier alpha value is -0.810. The Balaban J connectivity index is 3.69. The van der Waals surface area contributed by atoms with Gasteiger partial charge in [0.1, 0.15) is 5.60 Å². The van der Waals surface area contributed by atoms with Crippen molar-refractivity contribution in [2.75, 3.05) is 13.1 Å². The van der Waals surface area contributed by atoms with Crippen LogP contribution in [0.4, 0.5) is 4.79 Å². The smallest absolute Gasteiger partial charge is 0.407 e. The number of rotatable bonds is 5. The molecular formula is C12H26N2O3. The highest BCUT2D eigenvalue weighted by atomic mass is 16.6. The van der Waals surface area contributed by atoms with Gasteiger partial charge in [0.05, 0.1) is 5.60 Å². The first-order valence-electron chi connectivity index (χ1n) is 5.95.